The van der Waals surface area contributed by atoms with Crippen LogP contribution in [0.1, 0.15) is 11.4 Å². The van der Waals surface area contributed by atoms with E-state index in [0.29, 0.717) is 5.56 Å². The first-order valence-electron chi connectivity index (χ1n) is 5.94. The summed E-state index contributed by atoms with van der Waals surface area (Å²) in [7, 11) is 0. The summed E-state index contributed by atoms with van der Waals surface area (Å²) < 4.78 is 39.4. The summed E-state index contributed by atoms with van der Waals surface area (Å²) in [6.07, 6.45) is -3.11. The van der Waals surface area contributed by atoms with Crippen LogP contribution < -0.4 is 0 Å². The molecule has 102 valence electrons. The first-order valence-corrected chi connectivity index (χ1v) is 5.94. The number of fused-ring (bicyclic) bond motifs is 1. The normalized spacial score (nSPS) is 12.0. The van der Waals surface area contributed by atoms with Crippen LogP contribution >= 0.6 is 0 Å². The van der Waals surface area contributed by atoms with Crippen molar-refractivity contribution in [3.8, 4) is 11.1 Å². The molecule has 0 saturated carbocycles. The van der Waals surface area contributed by atoms with Crippen LogP contribution in [-0.2, 0) is 6.18 Å². The summed E-state index contributed by atoms with van der Waals surface area (Å²) in [4.78, 5) is 0. The minimum atomic E-state index is -4.52. The zero-order chi connectivity index (χ0) is 14.3. The fourth-order valence-corrected chi connectivity index (χ4v) is 2.08. The fraction of sp³-hybridized carbons (Fsp3) is 0.143. The number of hydrogen-bond acceptors (Lipinski definition) is 2. The summed E-state index contributed by atoms with van der Waals surface area (Å²) in [6.45, 7) is 1.93. The highest BCUT2D eigenvalue weighted by Gasteiger charge is 2.36. The predicted molar refractivity (Wildman–Crippen MR) is 68.2 cm³/mol. The highest BCUT2D eigenvalue weighted by molar-refractivity contribution is 5.65. The van der Waals surface area contributed by atoms with Gasteiger partial charge in [-0.15, -0.1) is 10.2 Å². The van der Waals surface area contributed by atoms with Gasteiger partial charge in [0.25, 0.3) is 0 Å². The molecule has 0 fully saturated rings. The smallest absolute Gasteiger partial charge is 0.278 e. The Labute approximate surface area is 112 Å². The lowest BCUT2D eigenvalue weighted by Gasteiger charge is -2.07. The highest BCUT2D eigenvalue weighted by atomic mass is 19.4. The molecule has 6 heteroatoms. The summed E-state index contributed by atoms with van der Waals surface area (Å²) in [5.41, 5.74) is 2.76. The van der Waals surface area contributed by atoms with Crippen LogP contribution in [0.5, 0.6) is 0 Å². The van der Waals surface area contributed by atoms with E-state index in [2.05, 4.69) is 10.2 Å². The Hall–Kier alpha value is -2.37. The Morgan fingerprint density at radius 2 is 1.80 bits per heavy atom. The zero-order valence-electron chi connectivity index (χ0n) is 10.5. The summed E-state index contributed by atoms with van der Waals surface area (Å²) in [6, 6.07) is 10.8. The minimum Gasteiger partial charge on any atom is -0.278 e. The molecule has 0 aliphatic carbocycles. The molecular formula is C14H10F3N3. The number of aryl methyl sites for hydroxylation is 1. The molecule has 2 aromatic heterocycles. The van der Waals surface area contributed by atoms with Gasteiger partial charge in [-0.3, -0.25) is 4.40 Å². The largest absolute Gasteiger partial charge is 0.452 e. The van der Waals surface area contributed by atoms with Crippen LogP contribution in [0.25, 0.3) is 16.8 Å². The van der Waals surface area contributed by atoms with E-state index >= 15 is 0 Å². The van der Waals surface area contributed by atoms with Gasteiger partial charge in [-0.25, -0.2) is 0 Å². The third kappa shape index (κ3) is 2.13. The average molecular weight is 277 g/mol. The van der Waals surface area contributed by atoms with E-state index in [9.17, 15) is 13.2 Å². The minimum absolute atomic E-state index is 0.175. The maximum Gasteiger partial charge on any atom is 0.452 e. The fourth-order valence-electron chi connectivity index (χ4n) is 2.08. The topological polar surface area (TPSA) is 30.2 Å². The lowest BCUT2D eigenvalue weighted by atomic mass is 10.1. The molecule has 0 unspecified atom stereocenters. The third-order valence-corrected chi connectivity index (χ3v) is 3.01. The quantitative estimate of drug-likeness (QED) is 0.678. The molecule has 0 atom stereocenters. The number of aromatic nitrogens is 3. The van der Waals surface area contributed by atoms with Crippen molar-refractivity contribution in [2.45, 2.75) is 13.1 Å². The van der Waals surface area contributed by atoms with Crippen molar-refractivity contribution in [3.63, 3.8) is 0 Å². The van der Waals surface area contributed by atoms with Crippen molar-refractivity contribution in [1.82, 2.24) is 14.6 Å². The van der Waals surface area contributed by atoms with E-state index in [1.54, 1.807) is 6.07 Å². The van der Waals surface area contributed by atoms with Gasteiger partial charge in [0.15, 0.2) is 5.65 Å². The van der Waals surface area contributed by atoms with Gasteiger partial charge in [-0.05, 0) is 30.2 Å². The molecule has 3 aromatic rings. The maximum absolute atomic E-state index is 12.8. The predicted octanol–water partition coefficient (Wildman–Crippen LogP) is 3.72. The van der Waals surface area contributed by atoms with Crippen molar-refractivity contribution >= 4 is 5.65 Å². The number of hydrogen-bond donors (Lipinski definition) is 0. The Balaban J connectivity index is 2.19. The molecular weight excluding hydrogens is 267 g/mol. The van der Waals surface area contributed by atoms with Gasteiger partial charge in [0.1, 0.15) is 0 Å². The second kappa shape index (κ2) is 4.33. The summed E-state index contributed by atoms with van der Waals surface area (Å²) in [5, 5.41) is 6.74. The SMILES string of the molecule is Cc1cccc(-c2ccc3nnc(C(F)(F)F)n3c2)c1. The van der Waals surface area contributed by atoms with Crippen LogP contribution in [0.15, 0.2) is 42.6 Å². The third-order valence-electron chi connectivity index (χ3n) is 3.01. The van der Waals surface area contributed by atoms with Gasteiger partial charge >= 0.3 is 6.18 Å². The first-order chi connectivity index (χ1) is 9.45. The second-order valence-corrected chi connectivity index (χ2v) is 4.54. The number of pyridine rings is 1. The Morgan fingerprint density at radius 3 is 2.50 bits per heavy atom. The summed E-state index contributed by atoms with van der Waals surface area (Å²) in [5.74, 6) is -1.01. The number of halogens is 3. The molecule has 0 aliphatic rings. The van der Waals surface area contributed by atoms with Gasteiger partial charge in [0, 0.05) is 6.20 Å². The number of nitrogens with zero attached hydrogens (tertiary/aromatic N) is 3. The molecule has 0 spiro atoms. The molecule has 20 heavy (non-hydrogen) atoms. The Morgan fingerprint density at radius 1 is 1.00 bits per heavy atom. The summed E-state index contributed by atoms with van der Waals surface area (Å²) >= 11 is 0. The number of benzene rings is 1. The van der Waals surface area contributed by atoms with Gasteiger partial charge in [0.05, 0.1) is 0 Å². The van der Waals surface area contributed by atoms with Crippen LogP contribution in [-0.4, -0.2) is 14.6 Å². The van der Waals surface area contributed by atoms with Crippen molar-refractivity contribution < 1.29 is 13.2 Å². The van der Waals surface area contributed by atoms with Crippen molar-refractivity contribution in [1.29, 1.82) is 0 Å². The van der Waals surface area contributed by atoms with Gasteiger partial charge in [-0.2, -0.15) is 13.2 Å². The maximum atomic E-state index is 12.8. The molecule has 0 bridgehead atoms. The molecule has 2 heterocycles. The lowest BCUT2D eigenvalue weighted by Crippen LogP contribution is -2.10. The molecule has 0 amide bonds. The second-order valence-electron chi connectivity index (χ2n) is 4.54. The molecule has 3 rings (SSSR count). The Bertz CT molecular complexity index is 775. The van der Waals surface area contributed by atoms with E-state index in [-0.39, 0.29) is 5.65 Å². The van der Waals surface area contributed by atoms with Crippen molar-refractivity contribution in [2.24, 2.45) is 0 Å². The van der Waals surface area contributed by atoms with Gasteiger partial charge in [0.2, 0.25) is 5.82 Å². The van der Waals surface area contributed by atoms with E-state index in [1.807, 2.05) is 31.2 Å². The van der Waals surface area contributed by atoms with Crippen LogP contribution in [0, 0.1) is 6.92 Å². The van der Waals surface area contributed by atoms with E-state index < -0.39 is 12.0 Å². The lowest BCUT2D eigenvalue weighted by molar-refractivity contribution is -0.145. The van der Waals surface area contributed by atoms with Crippen LogP contribution in [0.4, 0.5) is 13.2 Å². The average Bonchev–Trinajstić information content (AvgIpc) is 2.81. The van der Waals surface area contributed by atoms with E-state index in [4.69, 9.17) is 0 Å². The number of alkyl halides is 3. The number of rotatable bonds is 1. The molecule has 1 aromatic carbocycles. The van der Waals surface area contributed by atoms with Crippen LogP contribution in [0.3, 0.4) is 0 Å². The van der Waals surface area contributed by atoms with Crippen LogP contribution in [0.2, 0.25) is 0 Å². The van der Waals surface area contributed by atoms with Gasteiger partial charge < -0.3 is 0 Å². The highest BCUT2D eigenvalue weighted by Crippen LogP contribution is 2.29. The molecule has 0 N–H and O–H groups in total. The van der Waals surface area contributed by atoms with E-state index in [0.717, 1.165) is 15.5 Å². The van der Waals surface area contributed by atoms with Crippen molar-refractivity contribution in [2.75, 3.05) is 0 Å². The monoisotopic (exact) mass is 277 g/mol. The zero-order valence-corrected chi connectivity index (χ0v) is 10.5. The van der Waals surface area contributed by atoms with Crippen molar-refractivity contribution in [3.05, 3.63) is 54.0 Å². The first kappa shape index (κ1) is 12.7. The van der Waals surface area contributed by atoms with Gasteiger partial charge in [-0.1, -0.05) is 29.8 Å². The molecule has 0 aliphatic heterocycles. The van der Waals surface area contributed by atoms with E-state index in [1.165, 1.54) is 12.3 Å². The Kier molecular flexibility index (Phi) is 2.74. The molecule has 0 saturated heterocycles. The molecule has 0 radical (unpaired) electrons. The molecule has 3 nitrogen and oxygen atoms in total. The standard InChI is InChI=1S/C14H10F3N3/c1-9-3-2-4-10(7-9)11-5-6-12-18-19-13(14(15,16)17)20(12)8-11/h2-8H,1H3.